The highest BCUT2D eigenvalue weighted by atomic mass is 19.1. The van der Waals surface area contributed by atoms with Gasteiger partial charge in [0.25, 0.3) is 0 Å². The second-order valence-corrected chi connectivity index (χ2v) is 8.54. The molecule has 2 atom stereocenters. The minimum absolute atomic E-state index is 0.0634. The van der Waals surface area contributed by atoms with Crippen LogP contribution < -0.4 is 0 Å². The number of hydrogen-bond acceptors (Lipinski definition) is 3. The molecule has 2 saturated carbocycles. The third-order valence-electron chi connectivity index (χ3n) is 6.32. The van der Waals surface area contributed by atoms with Crippen molar-refractivity contribution in [3.8, 4) is 6.07 Å². The molecule has 0 N–H and O–H groups in total. The van der Waals surface area contributed by atoms with E-state index in [1.165, 1.54) is 57.4 Å². The summed E-state index contributed by atoms with van der Waals surface area (Å²) < 4.78 is 31.0. The lowest BCUT2D eigenvalue weighted by molar-refractivity contribution is -0.104. The normalized spacial score (nSPS) is 35.0. The van der Waals surface area contributed by atoms with Gasteiger partial charge in [0.1, 0.15) is 24.2 Å². The Kier molecular flexibility index (Phi) is 9.73. The lowest BCUT2D eigenvalue weighted by Crippen LogP contribution is -2.19. The minimum Gasteiger partial charge on any atom is -0.381 e. The first-order valence-corrected chi connectivity index (χ1v) is 10.8. The summed E-state index contributed by atoms with van der Waals surface area (Å²) in [5, 5.41) is 8.30. The van der Waals surface area contributed by atoms with Crippen LogP contribution in [0.4, 0.5) is 8.78 Å². The van der Waals surface area contributed by atoms with Gasteiger partial charge in [0.2, 0.25) is 0 Å². The number of alkyl halides is 1. The van der Waals surface area contributed by atoms with Gasteiger partial charge in [-0.2, -0.15) is 5.26 Å². The number of carbonyl (C=O) groups excluding carboxylic acids is 1. The first kappa shape index (κ1) is 23.5. The molecule has 3 aliphatic carbocycles. The van der Waals surface area contributed by atoms with Crippen LogP contribution in [0, 0.1) is 35.0 Å². The van der Waals surface area contributed by atoms with E-state index in [0.29, 0.717) is 12.4 Å². The van der Waals surface area contributed by atoms with Crippen molar-refractivity contribution in [3.05, 3.63) is 35.7 Å². The van der Waals surface area contributed by atoms with E-state index in [1.54, 1.807) is 0 Å². The van der Waals surface area contributed by atoms with Gasteiger partial charge in [0.15, 0.2) is 0 Å². The summed E-state index contributed by atoms with van der Waals surface area (Å²) in [6.45, 7) is 2.39. The number of methoxy groups -OCH3 is 1. The van der Waals surface area contributed by atoms with Crippen LogP contribution in [0.25, 0.3) is 0 Å². The Morgan fingerprint density at radius 1 is 1.07 bits per heavy atom. The van der Waals surface area contributed by atoms with Gasteiger partial charge in [0, 0.05) is 12.7 Å². The Morgan fingerprint density at radius 3 is 2.07 bits per heavy atom. The molecule has 0 heterocycles. The average molecular weight is 406 g/mol. The van der Waals surface area contributed by atoms with E-state index < -0.39 is 17.9 Å². The maximum absolute atomic E-state index is 12.8. The SMILES string of the molecule is COC1CCC(/C=C/C2CCC(C)CC2)CC1.N#CC1C(F)=CC(C=O)=CC1F. The molecule has 0 aromatic carbocycles. The Labute approximate surface area is 173 Å². The van der Waals surface area contributed by atoms with E-state index in [1.807, 2.05) is 7.11 Å². The van der Waals surface area contributed by atoms with Crippen molar-refractivity contribution in [3.63, 3.8) is 0 Å². The Bertz CT molecular complexity index is 648. The fourth-order valence-electron chi connectivity index (χ4n) is 4.24. The maximum Gasteiger partial charge on any atom is 0.149 e. The summed E-state index contributed by atoms with van der Waals surface area (Å²) in [5.74, 6) is 0.396. The molecule has 5 heteroatoms. The zero-order chi connectivity index (χ0) is 21.2. The molecule has 2 fully saturated rings. The fraction of sp³-hybridized carbons (Fsp3) is 0.667. The van der Waals surface area contributed by atoms with Crippen molar-refractivity contribution in [1.82, 2.24) is 0 Å². The van der Waals surface area contributed by atoms with Crippen molar-refractivity contribution in [2.45, 2.75) is 70.6 Å². The van der Waals surface area contributed by atoms with E-state index in [4.69, 9.17) is 10.00 Å². The number of nitriles is 1. The topological polar surface area (TPSA) is 50.1 Å². The summed E-state index contributed by atoms with van der Waals surface area (Å²) in [6, 6.07) is 1.47. The molecule has 160 valence electrons. The summed E-state index contributed by atoms with van der Waals surface area (Å²) in [6.07, 6.45) is 16.9. The molecule has 0 saturated heterocycles. The molecule has 0 amide bonds. The maximum atomic E-state index is 12.8. The van der Waals surface area contributed by atoms with Gasteiger partial charge < -0.3 is 4.74 Å². The number of ether oxygens (including phenoxy) is 1. The molecule has 0 spiro atoms. The van der Waals surface area contributed by atoms with Crippen LogP contribution in [-0.4, -0.2) is 25.7 Å². The molecule has 0 aromatic heterocycles. The number of carbonyl (C=O) groups is 1. The Morgan fingerprint density at radius 2 is 1.62 bits per heavy atom. The average Bonchev–Trinajstić information content (AvgIpc) is 2.74. The third kappa shape index (κ3) is 7.51. The van der Waals surface area contributed by atoms with Crippen molar-refractivity contribution >= 4 is 6.29 Å². The van der Waals surface area contributed by atoms with Crippen molar-refractivity contribution < 1.29 is 18.3 Å². The molecule has 0 radical (unpaired) electrons. The molecule has 0 aliphatic heterocycles. The van der Waals surface area contributed by atoms with Crippen LogP contribution >= 0.6 is 0 Å². The Balaban J connectivity index is 0.000000221. The lowest BCUT2D eigenvalue weighted by atomic mass is 9.81. The van der Waals surface area contributed by atoms with Crippen LogP contribution in [0.15, 0.2) is 35.7 Å². The van der Waals surface area contributed by atoms with Gasteiger partial charge in [-0.25, -0.2) is 8.78 Å². The summed E-state index contributed by atoms with van der Waals surface area (Å²) in [5.41, 5.74) is -0.0634. The first-order chi connectivity index (χ1) is 14.0. The van der Waals surface area contributed by atoms with Gasteiger partial charge in [0.05, 0.1) is 12.2 Å². The number of nitrogens with zero attached hydrogens (tertiary/aromatic N) is 1. The molecule has 0 bridgehead atoms. The van der Waals surface area contributed by atoms with Gasteiger partial charge in [-0.3, -0.25) is 4.79 Å². The van der Waals surface area contributed by atoms with E-state index in [-0.39, 0.29) is 5.57 Å². The van der Waals surface area contributed by atoms with Gasteiger partial charge in [-0.1, -0.05) is 31.9 Å². The standard InChI is InChI=1S/C16H28O.C8H5F2NO/c1-13-3-5-14(6-4-13)7-8-15-9-11-16(17-2)12-10-15;9-7-1-5(4-12)2-8(10)6(7)3-11/h7-8,13-16H,3-6,9-12H2,1-2H3;1-2,4,6-7H/b8-7+;. The molecule has 0 aromatic rings. The predicted molar refractivity (Wildman–Crippen MR) is 110 cm³/mol. The molecule has 29 heavy (non-hydrogen) atoms. The zero-order valence-corrected chi connectivity index (χ0v) is 17.5. The number of allylic oxidation sites excluding steroid dienone is 6. The van der Waals surface area contributed by atoms with Crippen LogP contribution in [-0.2, 0) is 9.53 Å². The molecular weight excluding hydrogens is 372 g/mol. The van der Waals surface area contributed by atoms with Crippen LogP contribution in [0.5, 0.6) is 0 Å². The van der Waals surface area contributed by atoms with E-state index >= 15 is 0 Å². The number of aldehydes is 1. The minimum atomic E-state index is -1.72. The van der Waals surface area contributed by atoms with Gasteiger partial charge >= 0.3 is 0 Å². The quantitative estimate of drug-likeness (QED) is 0.424. The molecule has 3 aliphatic rings. The predicted octanol–water partition coefficient (Wildman–Crippen LogP) is 6.03. The summed E-state index contributed by atoms with van der Waals surface area (Å²) >= 11 is 0. The van der Waals surface area contributed by atoms with Gasteiger partial charge in [-0.05, 0) is 68.4 Å². The number of halogens is 2. The van der Waals surface area contributed by atoms with Gasteiger partial charge in [-0.15, -0.1) is 0 Å². The third-order valence-corrected chi connectivity index (χ3v) is 6.32. The molecule has 3 rings (SSSR count). The molecular formula is C24H33F2NO2. The van der Waals surface area contributed by atoms with Crippen LogP contribution in [0.1, 0.15) is 58.3 Å². The highest BCUT2D eigenvalue weighted by Gasteiger charge is 2.27. The Hall–Kier alpha value is -1.80. The molecule has 2 unspecified atom stereocenters. The first-order valence-electron chi connectivity index (χ1n) is 10.8. The fourth-order valence-corrected chi connectivity index (χ4v) is 4.24. The van der Waals surface area contributed by atoms with E-state index in [0.717, 1.165) is 29.9 Å². The highest BCUT2D eigenvalue weighted by Crippen LogP contribution is 2.31. The summed E-state index contributed by atoms with van der Waals surface area (Å²) in [4.78, 5) is 10.1. The monoisotopic (exact) mass is 405 g/mol. The number of hydrogen-bond donors (Lipinski definition) is 0. The largest absolute Gasteiger partial charge is 0.381 e. The second-order valence-electron chi connectivity index (χ2n) is 8.54. The highest BCUT2D eigenvalue weighted by molar-refractivity contribution is 5.78. The van der Waals surface area contributed by atoms with E-state index in [9.17, 15) is 13.6 Å². The number of rotatable bonds is 4. The second kappa shape index (κ2) is 12.0. The van der Waals surface area contributed by atoms with Crippen molar-refractivity contribution in [1.29, 1.82) is 5.26 Å². The van der Waals surface area contributed by atoms with Crippen LogP contribution in [0.2, 0.25) is 0 Å². The van der Waals surface area contributed by atoms with Crippen molar-refractivity contribution in [2.75, 3.05) is 7.11 Å². The summed E-state index contributed by atoms with van der Waals surface area (Å²) in [7, 11) is 1.85. The molecule has 3 nitrogen and oxygen atoms in total. The lowest BCUT2D eigenvalue weighted by Gasteiger charge is -2.27. The van der Waals surface area contributed by atoms with Crippen LogP contribution in [0.3, 0.4) is 0 Å². The smallest absolute Gasteiger partial charge is 0.149 e. The zero-order valence-electron chi connectivity index (χ0n) is 17.5. The van der Waals surface area contributed by atoms with E-state index in [2.05, 4.69) is 19.1 Å². The van der Waals surface area contributed by atoms with Crippen molar-refractivity contribution in [2.24, 2.45) is 23.7 Å².